The number of fused-ring (bicyclic) bond motifs is 1. The van der Waals surface area contributed by atoms with Gasteiger partial charge in [-0.25, -0.2) is 9.37 Å². The fourth-order valence-electron chi connectivity index (χ4n) is 2.44. The topological polar surface area (TPSA) is 50.4 Å². The summed E-state index contributed by atoms with van der Waals surface area (Å²) in [6.07, 6.45) is -3.51. The van der Waals surface area contributed by atoms with Crippen LogP contribution in [-0.4, -0.2) is 27.4 Å². The third-order valence-corrected chi connectivity index (χ3v) is 3.47. The molecule has 0 saturated heterocycles. The van der Waals surface area contributed by atoms with Crippen molar-refractivity contribution in [1.29, 1.82) is 0 Å². The van der Waals surface area contributed by atoms with Gasteiger partial charge in [-0.3, -0.25) is 4.99 Å². The minimum atomic E-state index is -4.76. The predicted molar refractivity (Wildman–Crippen MR) is 70.2 cm³/mol. The number of imidazole rings is 1. The minimum absolute atomic E-state index is 0.221. The number of benzene rings is 1. The Morgan fingerprint density at radius 3 is 2.77 bits per heavy atom. The van der Waals surface area contributed by atoms with Gasteiger partial charge in [-0.15, -0.1) is 0 Å². The zero-order valence-electron chi connectivity index (χ0n) is 11.2. The van der Waals surface area contributed by atoms with Crippen LogP contribution in [0, 0.1) is 5.82 Å². The quantitative estimate of drug-likeness (QED) is 0.866. The van der Waals surface area contributed by atoms with Crippen LogP contribution in [0.5, 0.6) is 0 Å². The van der Waals surface area contributed by atoms with Gasteiger partial charge in [0.25, 0.3) is 0 Å². The van der Waals surface area contributed by atoms with E-state index in [-0.39, 0.29) is 5.69 Å². The van der Waals surface area contributed by atoms with E-state index in [1.807, 2.05) is 0 Å². The lowest BCUT2D eigenvalue weighted by molar-refractivity contribution is -0.139. The Bertz CT molecular complexity index is 736. The molecule has 0 aliphatic carbocycles. The van der Waals surface area contributed by atoms with Crippen LogP contribution >= 0.6 is 0 Å². The minimum Gasteiger partial charge on any atom is -0.382 e. The third kappa shape index (κ3) is 2.50. The zero-order valence-corrected chi connectivity index (χ0v) is 11.2. The second kappa shape index (κ2) is 5.20. The van der Waals surface area contributed by atoms with E-state index in [1.165, 1.54) is 12.4 Å². The molecule has 116 valence electrons. The van der Waals surface area contributed by atoms with Gasteiger partial charge in [0.15, 0.2) is 5.82 Å². The zero-order chi connectivity index (χ0) is 15.9. The SMILES string of the molecule is OC(c1ccc(F)cc1C(F)(F)F)c1cnc2n1CCN=C2. The van der Waals surface area contributed by atoms with Crippen LogP contribution in [0.3, 0.4) is 0 Å². The molecule has 0 bridgehead atoms. The molecule has 1 unspecified atom stereocenters. The van der Waals surface area contributed by atoms with Crippen molar-refractivity contribution >= 4 is 6.21 Å². The average Bonchev–Trinajstić information content (AvgIpc) is 2.89. The van der Waals surface area contributed by atoms with Crippen molar-refractivity contribution in [2.45, 2.75) is 18.8 Å². The van der Waals surface area contributed by atoms with Gasteiger partial charge in [-0.1, -0.05) is 6.07 Å². The number of aliphatic hydroxyl groups excluding tert-OH is 1. The van der Waals surface area contributed by atoms with Crippen molar-refractivity contribution in [3.63, 3.8) is 0 Å². The van der Waals surface area contributed by atoms with Crippen LogP contribution in [0.2, 0.25) is 0 Å². The second-order valence-corrected chi connectivity index (χ2v) is 4.86. The fourth-order valence-corrected chi connectivity index (χ4v) is 2.44. The molecular weight excluding hydrogens is 302 g/mol. The number of hydrogen-bond acceptors (Lipinski definition) is 3. The molecule has 4 nitrogen and oxygen atoms in total. The molecule has 1 aromatic heterocycles. The van der Waals surface area contributed by atoms with Gasteiger partial charge >= 0.3 is 6.18 Å². The molecule has 0 amide bonds. The molecule has 0 saturated carbocycles. The summed E-state index contributed by atoms with van der Waals surface area (Å²) in [7, 11) is 0. The highest BCUT2D eigenvalue weighted by Gasteiger charge is 2.36. The number of aliphatic imine (C=N–C) groups is 1. The Kier molecular flexibility index (Phi) is 3.48. The Balaban J connectivity index is 2.08. The molecule has 2 heterocycles. The molecule has 1 aromatic carbocycles. The first-order valence-corrected chi connectivity index (χ1v) is 6.48. The van der Waals surface area contributed by atoms with Gasteiger partial charge in [0.05, 0.1) is 30.2 Å². The molecule has 3 rings (SSSR count). The van der Waals surface area contributed by atoms with Gasteiger partial charge < -0.3 is 9.67 Å². The Hall–Kier alpha value is -2.22. The second-order valence-electron chi connectivity index (χ2n) is 4.86. The number of halogens is 4. The lowest BCUT2D eigenvalue weighted by Crippen LogP contribution is -2.19. The summed E-state index contributed by atoms with van der Waals surface area (Å²) >= 11 is 0. The molecule has 0 radical (unpaired) electrons. The van der Waals surface area contributed by atoms with Crippen molar-refractivity contribution in [1.82, 2.24) is 9.55 Å². The van der Waals surface area contributed by atoms with Crippen LogP contribution in [0.25, 0.3) is 0 Å². The maximum atomic E-state index is 13.1. The van der Waals surface area contributed by atoms with Crippen LogP contribution < -0.4 is 0 Å². The van der Waals surface area contributed by atoms with Crippen molar-refractivity contribution in [3.05, 3.63) is 52.9 Å². The Morgan fingerprint density at radius 1 is 1.27 bits per heavy atom. The van der Waals surface area contributed by atoms with Gasteiger partial charge in [0.1, 0.15) is 11.9 Å². The van der Waals surface area contributed by atoms with E-state index in [0.717, 1.165) is 12.1 Å². The molecular formula is C14H11F4N3O. The number of aromatic nitrogens is 2. The largest absolute Gasteiger partial charge is 0.416 e. The van der Waals surface area contributed by atoms with Crippen molar-refractivity contribution in [2.24, 2.45) is 4.99 Å². The van der Waals surface area contributed by atoms with Crippen molar-refractivity contribution in [3.8, 4) is 0 Å². The lowest BCUT2D eigenvalue weighted by Gasteiger charge is -2.20. The highest BCUT2D eigenvalue weighted by Crippen LogP contribution is 2.37. The van der Waals surface area contributed by atoms with E-state index in [1.54, 1.807) is 4.57 Å². The van der Waals surface area contributed by atoms with Crippen LogP contribution in [0.4, 0.5) is 17.6 Å². The van der Waals surface area contributed by atoms with Crippen molar-refractivity contribution in [2.75, 3.05) is 6.54 Å². The normalized spacial score (nSPS) is 15.7. The summed E-state index contributed by atoms with van der Waals surface area (Å²) < 4.78 is 53.9. The smallest absolute Gasteiger partial charge is 0.382 e. The summed E-state index contributed by atoms with van der Waals surface area (Å²) in [6, 6.07) is 2.22. The van der Waals surface area contributed by atoms with Gasteiger partial charge in [0, 0.05) is 6.54 Å². The fraction of sp³-hybridized carbons (Fsp3) is 0.286. The molecule has 1 atom stereocenters. The number of alkyl halides is 3. The maximum absolute atomic E-state index is 13.1. The molecule has 0 fully saturated rings. The molecule has 22 heavy (non-hydrogen) atoms. The van der Waals surface area contributed by atoms with Gasteiger partial charge in [-0.2, -0.15) is 13.2 Å². The first-order chi connectivity index (χ1) is 10.4. The van der Waals surface area contributed by atoms with Crippen LogP contribution in [0.15, 0.2) is 29.4 Å². The molecule has 1 aliphatic rings. The Labute approximate surface area is 122 Å². The van der Waals surface area contributed by atoms with E-state index >= 15 is 0 Å². The van der Waals surface area contributed by atoms with Gasteiger partial charge in [-0.05, 0) is 17.7 Å². The molecule has 0 spiro atoms. The number of nitrogens with zero attached hydrogens (tertiary/aromatic N) is 3. The molecule has 8 heteroatoms. The van der Waals surface area contributed by atoms with Crippen LogP contribution in [-0.2, 0) is 12.7 Å². The summed E-state index contributed by atoms with van der Waals surface area (Å²) in [6.45, 7) is 0.874. The highest BCUT2D eigenvalue weighted by molar-refractivity contribution is 5.75. The molecule has 1 N–H and O–H groups in total. The number of hydrogen-bond donors (Lipinski definition) is 1. The molecule has 1 aliphatic heterocycles. The Morgan fingerprint density at radius 2 is 2.05 bits per heavy atom. The van der Waals surface area contributed by atoms with E-state index < -0.39 is 29.2 Å². The monoisotopic (exact) mass is 313 g/mol. The van der Waals surface area contributed by atoms with E-state index in [4.69, 9.17) is 0 Å². The average molecular weight is 313 g/mol. The summed E-state index contributed by atoms with van der Waals surface area (Å²) in [4.78, 5) is 8.02. The van der Waals surface area contributed by atoms with Gasteiger partial charge in [0.2, 0.25) is 0 Å². The summed E-state index contributed by atoms with van der Waals surface area (Å²) in [5.74, 6) is -0.540. The van der Waals surface area contributed by atoms with E-state index in [9.17, 15) is 22.7 Å². The summed E-state index contributed by atoms with van der Waals surface area (Å²) in [5.41, 5.74) is -1.38. The van der Waals surface area contributed by atoms with Crippen LogP contribution in [0.1, 0.15) is 28.7 Å². The van der Waals surface area contributed by atoms with Crippen molar-refractivity contribution < 1.29 is 22.7 Å². The number of rotatable bonds is 2. The summed E-state index contributed by atoms with van der Waals surface area (Å²) in [5, 5.41) is 10.3. The first kappa shape index (κ1) is 14.7. The maximum Gasteiger partial charge on any atom is 0.416 e. The van der Waals surface area contributed by atoms with E-state index in [2.05, 4.69) is 9.98 Å². The molecule has 2 aromatic rings. The predicted octanol–water partition coefficient (Wildman–Crippen LogP) is 2.56. The standard InChI is InChI=1S/C14H11F4N3O/c15-8-1-2-9(10(5-8)14(16,17)18)13(22)11-6-20-12-7-19-3-4-21(11)12/h1-2,5-7,13,22H,3-4H2. The lowest BCUT2D eigenvalue weighted by atomic mass is 9.99. The first-order valence-electron chi connectivity index (χ1n) is 6.48. The highest BCUT2D eigenvalue weighted by atomic mass is 19.4. The number of aliphatic hydroxyl groups is 1. The third-order valence-electron chi connectivity index (χ3n) is 3.47. The van der Waals surface area contributed by atoms with E-state index in [0.29, 0.717) is 25.0 Å².